The molecule has 0 heterocycles. The Morgan fingerprint density at radius 3 is 2.03 bits per heavy atom. The van der Waals surface area contributed by atoms with Gasteiger partial charge in [0.15, 0.2) is 0 Å². The predicted octanol–water partition coefficient (Wildman–Crippen LogP) is 5.63. The number of benzene rings is 3. The Morgan fingerprint density at radius 2 is 1.42 bits per heavy atom. The van der Waals surface area contributed by atoms with Gasteiger partial charge in [-0.1, -0.05) is 93.1 Å². The lowest BCUT2D eigenvalue weighted by atomic mass is 9.98. The third-order valence-electron chi connectivity index (χ3n) is 5.24. The van der Waals surface area contributed by atoms with Crippen LogP contribution >= 0.6 is 0 Å². The minimum absolute atomic E-state index is 0.0483. The van der Waals surface area contributed by atoms with Crippen LogP contribution in [0.25, 0.3) is 11.1 Å². The van der Waals surface area contributed by atoms with E-state index in [9.17, 15) is 9.59 Å². The molecule has 0 aromatic heterocycles. The van der Waals surface area contributed by atoms with E-state index >= 15 is 0 Å². The Bertz CT molecular complexity index is 973. The molecule has 3 aromatic carbocycles. The molecule has 2 N–H and O–H groups in total. The molecule has 0 spiro atoms. The summed E-state index contributed by atoms with van der Waals surface area (Å²) in [4.78, 5) is 25.2. The molecule has 0 bridgehead atoms. The van der Waals surface area contributed by atoms with Crippen molar-refractivity contribution >= 4 is 17.7 Å². The van der Waals surface area contributed by atoms with Gasteiger partial charge in [0.2, 0.25) is 5.91 Å². The van der Waals surface area contributed by atoms with Crippen LogP contribution in [0.2, 0.25) is 0 Å². The zero-order valence-corrected chi connectivity index (χ0v) is 17.9. The number of amides is 2. The molecule has 160 valence electrons. The van der Waals surface area contributed by atoms with Crippen LogP contribution in [0.1, 0.15) is 25.8 Å². The maximum atomic E-state index is 12.9. The molecule has 31 heavy (non-hydrogen) atoms. The molecule has 3 aromatic rings. The first-order chi connectivity index (χ1) is 15.1. The predicted molar refractivity (Wildman–Crippen MR) is 124 cm³/mol. The van der Waals surface area contributed by atoms with Gasteiger partial charge in [-0.05, 0) is 34.7 Å². The number of nitrogens with one attached hydrogen (secondary N) is 2. The smallest absolute Gasteiger partial charge is 0.408 e. The van der Waals surface area contributed by atoms with Crippen LogP contribution in [0.3, 0.4) is 0 Å². The van der Waals surface area contributed by atoms with Gasteiger partial charge >= 0.3 is 6.09 Å². The Morgan fingerprint density at radius 1 is 0.839 bits per heavy atom. The number of carbonyl (C=O) groups is 2. The summed E-state index contributed by atoms with van der Waals surface area (Å²) in [6.07, 6.45) is 0.132. The third-order valence-corrected chi connectivity index (χ3v) is 5.24. The largest absolute Gasteiger partial charge is 0.445 e. The lowest BCUT2D eigenvalue weighted by Gasteiger charge is -2.23. The zero-order valence-electron chi connectivity index (χ0n) is 17.9. The normalized spacial score (nSPS) is 12.5. The number of ether oxygens (including phenoxy) is 1. The number of hydrogen-bond acceptors (Lipinski definition) is 3. The molecule has 0 fully saturated rings. The SMILES string of the molecule is CC[C@@H](C)[C@H](NC(=O)OCc1ccccc1)C(=O)Nc1ccc(-c2ccccc2)cc1. The molecule has 0 aliphatic heterocycles. The summed E-state index contributed by atoms with van der Waals surface area (Å²) in [5.41, 5.74) is 3.75. The highest BCUT2D eigenvalue weighted by atomic mass is 16.5. The van der Waals surface area contributed by atoms with Crippen LogP contribution in [-0.4, -0.2) is 18.0 Å². The van der Waals surface area contributed by atoms with Gasteiger partial charge in [-0.2, -0.15) is 0 Å². The van der Waals surface area contributed by atoms with Crippen LogP contribution < -0.4 is 10.6 Å². The van der Waals surface area contributed by atoms with Gasteiger partial charge in [-0.25, -0.2) is 4.79 Å². The standard InChI is InChI=1S/C26H28N2O3/c1-3-19(2)24(28-26(30)31-18-20-10-6-4-7-11-20)25(29)27-23-16-14-22(15-17-23)21-12-8-5-9-13-21/h4-17,19,24H,3,18H2,1-2H3,(H,27,29)(H,28,30)/t19-,24+/m1/s1. The first kappa shape index (κ1) is 22.1. The molecule has 2 atom stereocenters. The molecule has 0 saturated carbocycles. The molecular formula is C26H28N2O3. The van der Waals surface area contributed by atoms with Gasteiger partial charge in [0.05, 0.1) is 0 Å². The van der Waals surface area contributed by atoms with Crippen LogP contribution in [0.15, 0.2) is 84.9 Å². The van der Waals surface area contributed by atoms with E-state index in [1.807, 2.05) is 98.8 Å². The molecular weight excluding hydrogens is 388 g/mol. The van der Waals surface area contributed by atoms with Crippen molar-refractivity contribution in [2.24, 2.45) is 5.92 Å². The van der Waals surface area contributed by atoms with Crippen molar-refractivity contribution in [2.75, 3.05) is 5.32 Å². The number of carbonyl (C=O) groups excluding carboxylic acids is 2. The molecule has 5 heteroatoms. The van der Waals surface area contributed by atoms with Crippen LogP contribution in [0.5, 0.6) is 0 Å². The summed E-state index contributed by atoms with van der Waals surface area (Å²) in [7, 11) is 0. The molecule has 0 radical (unpaired) electrons. The van der Waals surface area contributed by atoms with E-state index in [0.717, 1.165) is 23.1 Å². The lowest BCUT2D eigenvalue weighted by molar-refractivity contribution is -0.119. The number of alkyl carbamates (subject to hydrolysis) is 1. The van der Waals surface area contributed by atoms with Crippen LogP contribution in [0, 0.1) is 5.92 Å². The minimum Gasteiger partial charge on any atom is -0.445 e. The van der Waals surface area contributed by atoms with Crippen molar-refractivity contribution in [3.63, 3.8) is 0 Å². The number of hydrogen-bond donors (Lipinski definition) is 2. The van der Waals surface area contributed by atoms with Gasteiger partial charge in [0.1, 0.15) is 12.6 Å². The Hall–Kier alpha value is -3.60. The molecule has 0 aliphatic carbocycles. The average molecular weight is 417 g/mol. The topological polar surface area (TPSA) is 67.4 Å². The molecule has 3 rings (SSSR count). The summed E-state index contributed by atoms with van der Waals surface area (Å²) >= 11 is 0. The molecule has 0 saturated heterocycles. The summed E-state index contributed by atoms with van der Waals surface area (Å²) in [5.74, 6) is -0.314. The van der Waals surface area contributed by atoms with E-state index in [-0.39, 0.29) is 18.4 Å². The zero-order chi connectivity index (χ0) is 22.1. The van der Waals surface area contributed by atoms with E-state index in [4.69, 9.17) is 4.74 Å². The monoisotopic (exact) mass is 416 g/mol. The summed E-state index contributed by atoms with van der Waals surface area (Å²) in [6, 6.07) is 26.4. The second kappa shape index (κ2) is 11.0. The van der Waals surface area contributed by atoms with E-state index in [2.05, 4.69) is 10.6 Å². The second-order valence-electron chi connectivity index (χ2n) is 7.50. The van der Waals surface area contributed by atoms with Crippen molar-refractivity contribution in [3.05, 3.63) is 90.5 Å². The fraction of sp³-hybridized carbons (Fsp3) is 0.231. The van der Waals surface area contributed by atoms with E-state index in [0.29, 0.717) is 5.69 Å². The van der Waals surface area contributed by atoms with Crippen LogP contribution in [0.4, 0.5) is 10.5 Å². The number of anilines is 1. The van der Waals surface area contributed by atoms with Gasteiger partial charge in [-0.3, -0.25) is 4.79 Å². The van der Waals surface area contributed by atoms with Crippen molar-refractivity contribution in [1.82, 2.24) is 5.32 Å². The van der Waals surface area contributed by atoms with Crippen LogP contribution in [-0.2, 0) is 16.1 Å². The fourth-order valence-corrected chi connectivity index (χ4v) is 3.19. The van der Waals surface area contributed by atoms with Crippen molar-refractivity contribution in [2.45, 2.75) is 32.9 Å². The van der Waals surface area contributed by atoms with Crippen molar-refractivity contribution in [3.8, 4) is 11.1 Å². The lowest BCUT2D eigenvalue weighted by Crippen LogP contribution is -2.47. The quantitative estimate of drug-likeness (QED) is 0.500. The van der Waals surface area contributed by atoms with Gasteiger partial charge in [0, 0.05) is 5.69 Å². The molecule has 2 amide bonds. The Labute approximate surface area is 183 Å². The molecule has 5 nitrogen and oxygen atoms in total. The summed E-state index contributed by atoms with van der Waals surface area (Å²) in [5, 5.41) is 5.63. The maximum Gasteiger partial charge on any atom is 0.408 e. The summed E-state index contributed by atoms with van der Waals surface area (Å²) < 4.78 is 5.29. The first-order valence-corrected chi connectivity index (χ1v) is 10.5. The summed E-state index contributed by atoms with van der Waals surface area (Å²) in [6.45, 7) is 4.07. The highest BCUT2D eigenvalue weighted by Gasteiger charge is 2.26. The molecule has 0 aliphatic rings. The van der Waals surface area contributed by atoms with E-state index in [1.165, 1.54) is 0 Å². The number of rotatable bonds is 8. The van der Waals surface area contributed by atoms with E-state index in [1.54, 1.807) is 0 Å². The second-order valence-corrected chi connectivity index (χ2v) is 7.50. The highest BCUT2D eigenvalue weighted by molar-refractivity contribution is 5.97. The first-order valence-electron chi connectivity index (χ1n) is 10.5. The van der Waals surface area contributed by atoms with Gasteiger partial charge < -0.3 is 15.4 Å². The van der Waals surface area contributed by atoms with Gasteiger partial charge in [0.25, 0.3) is 0 Å². The minimum atomic E-state index is -0.693. The Balaban J connectivity index is 1.61. The fourth-order valence-electron chi connectivity index (χ4n) is 3.19. The maximum absolute atomic E-state index is 12.9. The highest BCUT2D eigenvalue weighted by Crippen LogP contribution is 2.21. The Kier molecular flexibility index (Phi) is 7.82. The van der Waals surface area contributed by atoms with Crippen molar-refractivity contribution in [1.29, 1.82) is 0 Å². The third kappa shape index (κ3) is 6.44. The molecule has 0 unspecified atom stereocenters. The van der Waals surface area contributed by atoms with E-state index < -0.39 is 12.1 Å². The van der Waals surface area contributed by atoms with Crippen molar-refractivity contribution < 1.29 is 14.3 Å². The average Bonchev–Trinajstić information content (AvgIpc) is 2.82. The van der Waals surface area contributed by atoms with Gasteiger partial charge in [-0.15, -0.1) is 0 Å².